The third-order valence-electron chi connectivity index (χ3n) is 2.40. The second-order valence-electron chi connectivity index (χ2n) is 3.72. The highest BCUT2D eigenvalue weighted by Crippen LogP contribution is 2.23. The number of hydrogen-bond donors (Lipinski definition) is 1. The van der Waals surface area contributed by atoms with Gasteiger partial charge in [0, 0.05) is 5.56 Å². The fourth-order valence-corrected chi connectivity index (χ4v) is 1.82. The van der Waals surface area contributed by atoms with Gasteiger partial charge in [0.25, 0.3) is 0 Å². The van der Waals surface area contributed by atoms with Crippen molar-refractivity contribution in [1.82, 2.24) is 5.43 Å². The lowest BCUT2D eigenvalue weighted by Crippen LogP contribution is -2.05. The van der Waals surface area contributed by atoms with Crippen molar-refractivity contribution in [3.8, 4) is 0 Å². The summed E-state index contributed by atoms with van der Waals surface area (Å²) in [5.41, 5.74) is 4.93. The fourth-order valence-electron chi connectivity index (χ4n) is 1.47. The van der Waals surface area contributed by atoms with E-state index in [2.05, 4.69) is 10.5 Å². The van der Waals surface area contributed by atoms with Crippen LogP contribution in [0.5, 0.6) is 0 Å². The number of nitrogens with one attached hydrogen (secondary N) is 1. The monoisotopic (exact) mass is 278 g/mol. The standard InChI is InChI=1S/C14H12Cl2N2/c15-13-8-4-7-12(14(13)16)10-18-17-9-11-5-2-1-3-6-11/h1-8,10,17H,9H2. The lowest BCUT2D eigenvalue weighted by Gasteiger charge is -2.01. The predicted molar refractivity (Wildman–Crippen MR) is 77.3 cm³/mol. The zero-order chi connectivity index (χ0) is 12.8. The van der Waals surface area contributed by atoms with Crippen LogP contribution in [0.25, 0.3) is 0 Å². The first-order valence-corrected chi connectivity index (χ1v) is 6.27. The Labute approximate surface area is 116 Å². The third-order valence-corrected chi connectivity index (χ3v) is 3.24. The molecule has 1 N–H and O–H groups in total. The van der Waals surface area contributed by atoms with Crippen molar-refractivity contribution in [3.63, 3.8) is 0 Å². The van der Waals surface area contributed by atoms with Crippen LogP contribution >= 0.6 is 23.2 Å². The summed E-state index contributed by atoms with van der Waals surface area (Å²) in [5, 5.41) is 5.17. The number of benzene rings is 2. The van der Waals surface area contributed by atoms with Crippen LogP contribution in [0.2, 0.25) is 10.0 Å². The summed E-state index contributed by atoms with van der Waals surface area (Å²) in [5.74, 6) is 0. The highest BCUT2D eigenvalue weighted by Gasteiger charge is 2.00. The van der Waals surface area contributed by atoms with Crippen LogP contribution < -0.4 is 5.43 Å². The van der Waals surface area contributed by atoms with Crippen LogP contribution in [-0.2, 0) is 6.54 Å². The first-order valence-electron chi connectivity index (χ1n) is 5.51. The number of rotatable bonds is 4. The van der Waals surface area contributed by atoms with Gasteiger partial charge in [0.15, 0.2) is 0 Å². The summed E-state index contributed by atoms with van der Waals surface area (Å²) in [4.78, 5) is 0. The van der Waals surface area contributed by atoms with Crippen LogP contribution in [-0.4, -0.2) is 6.21 Å². The van der Waals surface area contributed by atoms with Crippen LogP contribution in [0.1, 0.15) is 11.1 Å². The Kier molecular flexibility index (Phi) is 4.62. The molecular formula is C14H12Cl2N2. The third kappa shape index (κ3) is 3.49. The smallest absolute Gasteiger partial charge is 0.0680 e. The van der Waals surface area contributed by atoms with Gasteiger partial charge in [-0.2, -0.15) is 5.10 Å². The van der Waals surface area contributed by atoms with Crippen LogP contribution in [0.4, 0.5) is 0 Å². The zero-order valence-corrected chi connectivity index (χ0v) is 11.1. The number of hydrogen-bond acceptors (Lipinski definition) is 2. The average molecular weight is 279 g/mol. The number of nitrogens with zero attached hydrogens (tertiary/aromatic N) is 1. The SMILES string of the molecule is Clc1cccc(C=NNCc2ccccc2)c1Cl. The minimum Gasteiger partial charge on any atom is -0.306 e. The molecule has 2 rings (SSSR count). The van der Waals surface area contributed by atoms with Gasteiger partial charge >= 0.3 is 0 Å². The molecule has 0 aliphatic carbocycles. The van der Waals surface area contributed by atoms with Crippen molar-refractivity contribution < 1.29 is 0 Å². The van der Waals surface area contributed by atoms with E-state index in [0.717, 1.165) is 5.56 Å². The molecule has 0 unspecified atom stereocenters. The van der Waals surface area contributed by atoms with E-state index in [4.69, 9.17) is 23.2 Å². The first kappa shape index (κ1) is 12.9. The molecule has 2 aromatic carbocycles. The van der Waals surface area contributed by atoms with E-state index in [0.29, 0.717) is 16.6 Å². The lowest BCUT2D eigenvalue weighted by atomic mass is 10.2. The summed E-state index contributed by atoms with van der Waals surface area (Å²) in [6.45, 7) is 0.676. The maximum atomic E-state index is 6.04. The quantitative estimate of drug-likeness (QED) is 0.660. The Hall–Kier alpha value is -1.51. The summed E-state index contributed by atoms with van der Waals surface area (Å²) in [7, 11) is 0. The van der Waals surface area contributed by atoms with E-state index in [1.165, 1.54) is 5.56 Å². The van der Waals surface area contributed by atoms with Crippen molar-refractivity contribution in [2.24, 2.45) is 5.10 Å². The zero-order valence-electron chi connectivity index (χ0n) is 9.61. The van der Waals surface area contributed by atoms with Gasteiger partial charge in [-0.1, -0.05) is 65.7 Å². The Balaban J connectivity index is 1.94. The minimum absolute atomic E-state index is 0.518. The molecule has 4 heteroatoms. The van der Waals surface area contributed by atoms with Gasteiger partial charge in [0.2, 0.25) is 0 Å². The van der Waals surface area contributed by atoms with Crippen LogP contribution in [0, 0.1) is 0 Å². The topological polar surface area (TPSA) is 24.4 Å². The number of hydrazone groups is 1. The predicted octanol–water partition coefficient (Wildman–Crippen LogP) is 4.12. The summed E-state index contributed by atoms with van der Waals surface area (Å²) in [6.07, 6.45) is 1.66. The Bertz CT molecular complexity index is 539. The van der Waals surface area contributed by atoms with Gasteiger partial charge in [0.1, 0.15) is 0 Å². The maximum Gasteiger partial charge on any atom is 0.0680 e. The van der Waals surface area contributed by atoms with Crippen molar-refractivity contribution in [2.75, 3.05) is 0 Å². The van der Waals surface area contributed by atoms with Gasteiger partial charge in [0.05, 0.1) is 22.8 Å². The summed E-state index contributed by atoms with van der Waals surface area (Å²) in [6, 6.07) is 15.5. The van der Waals surface area contributed by atoms with Crippen molar-refractivity contribution in [3.05, 3.63) is 69.7 Å². The van der Waals surface area contributed by atoms with Gasteiger partial charge < -0.3 is 5.43 Å². The summed E-state index contributed by atoms with van der Waals surface area (Å²) >= 11 is 11.9. The average Bonchev–Trinajstić information content (AvgIpc) is 2.40. The molecule has 0 heterocycles. The molecule has 0 bridgehead atoms. The van der Waals surface area contributed by atoms with E-state index >= 15 is 0 Å². The van der Waals surface area contributed by atoms with Gasteiger partial charge in [-0.15, -0.1) is 0 Å². The summed E-state index contributed by atoms with van der Waals surface area (Å²) < 4.78 is 0. The minimum atomic E-state index is 0.518. The lowest BCUT2D eigenvalue weighted by molar-refractivity contribution is 0.748. The maximum absolute atomic E-state index is 6.04. The van der Waals surface area contributed by atoms with Crippen molar-refractivity contribution in [1.29, 1.82) is 0 Å². The first-order chi connectivity index (χ1) is 8.77. The highest BCUT2D eigenvalue weighted by molar-refractivity contribution is 6.43. The largest absolute Gasteiger partial charge is 0.306 e. The van der Waals surface area contributed by atoms with E-state index in [1.54, 1.807) is 12.3 Å². The molecule has 0 saturated heterocycles. The van der Waals surface area contributed by atoms with E-state index in [1.807, 2.05) is 42.5 Å². The Morgan fingerprint density at radius 3 is 2.56 bits per heavy atom. The van der Waals surface area contributed by atoms with Crippen molar-refractivity contribution >= 4 is 29.4 Å². The molecule has 0 aromatic heterocycles. The van der Waals surface area contributed by atoms with Crippen LogP contribution in [0.3, 0.4) is 0 Å². The van der Waals surface area contributed by atoms with E-state index < -0.39 is 0 Å². The molecule has 0 fully saturated rings. The molecule has 0 amide bonds. The molecule has 0 saturated carbocycles. The molecule has 2 nitrogen and oxygen atoms in total. The molecule has 92 valence electrons. The molecule has 0 atom stereocenters. The molecule has 0 radical (unpaired) electrons. The normalized spacial score (nSPS) is 10.8. The Morgan fingerprint density at radius 1 is 1.00 bits per heavy atom. The van der Waals surface area contributed by atoms with Crippen LogP contribution in [0.15, 0.2) is 53.6 Å². The fraction of sp³-hybridized carbons (Fsp3) is 0.0714. The molecule has 0 aliphatic rings. The van der Waals surface area contributed by atoms with Crippen molar-refractivity contribution in [2.45, 2.75) is 6.54 Å². The molecule has 2 aromatic rings. The molecular weight excluding hydrogens is 267 g/mol. The number of halogens is 2. The highest BCUT2D eigenvalue weighted by atomic mass is 35.5. The molecule has 0 spiro atoms. The van der Waals surface area contributed by atoms with Gasteiger partial charge in [-0.25, -0.2) is 0 Å². The molecule has 0 aliphatic heterocycles. The second kappa shape index (κ2) is 6.43. The van der Waals surface area contributed by atoms with E-state index in [-0.39, 0.29) is 0 Å². The second-order valence-corrected chi connectivity index (χ2v) is 4.51. The van der Waals surface area contributed by atoms with Gasteiger partial charge in [-0.05, 0) is 11.6 Å². The van der Waals surface area contributed by atoms with E-state index in [9.17, 15) is 0 Å². The molecule has 18 heavy (non-hydrogen) atoms. The Morgan fingerprint density at radius 2 is 1.78 bits per heavy atom. The van der Waals surface area contributed by atoms with Gasteiger partial charge in [-0.3, -0.25) is 0 Å².